The van der Waals surface area contributed by atoms with E-state index in [4.69, 9.17) is 18.6 Å². The second-order valence-electron chi connectivity index (χ2n) is 9.66. The van der Waals surface area contributed by atoms with Gasteiger partial charge in [0.15, 0.2) is 16.8 Å². The van der Waals surface area contributed by atoms with Gasteiger partial charge in [-0.05, 0) is 48.0 Å². The maximum Gasteiger partial charge on any atom is 0.330 e. The molecule has 7 N–H and O–H groups in total. The SMILES string of the molecule is O=C(/C=C/c1ccc(O)cc1)OC[C@H]1O[C@@H](Oc2c(O)cc(O)c3c(=O)cc(-c4ccc(O)cc4)oc23)[C@H](O)[C@@H](O)[C@@H]1O. The number of hydrogen-bond acceptors (Lipinski definition) is 13. The average Bonchev–Trinajstić information content (AvgIpc) is 2.98. The monoisotopic (exact) mass is 594 g/mol. The van der Waals surface area contributed by atoms with E-state index in [-0.39, 0.29) is 22.6 Å². The molecule has 1 aliphatic heterocycles. The van der Waals surface area contributed by atoms with Crippen molar-refractivity contribution in [2.45, 2.75) is 30.7 Å². The van der Waals surface area contributed by atoms with Crippen LogP contribution in [0.25, 0.3) is 28.4 Å². The molecule has 1 aromatic heterocycles. The van der Waals surface area contributed by atoms with Gasteiger partial charge < -0.3 is 54.4 Å². The molecule has 224 valence electrons. The first-order valence-electron chi connectivity index (χ1n) is 12.8. The van der Waals surface area contributed by atoms with Gasteiger partial charge in [-0.1, -0.05) is 12.1 Å². The Hall–Kier alpha value is -5.08. The molecule has 0 amide bonds. The smallest absolute Gasteiger partial charge is 0.330 e. The number of aliphatic hydroxyl groups is 3. The van der Waals surface area contributed by atoms with Gasteiger partial charge in [0.25, 0.3) is 0 Å². The van der Waals surface area contributed by atoms with E-state index in [1.165, 1.54) is 42.5 Å². The minimum absolute atomic E-state index is 0.0157. The minimum Gasteiger partial charge on any atom is -0.508 e. The highest BCUT2D eigenvalue weighted by Crippen LogP contribution is 2.42. The van der Waals surface area contributed by atoms with Crippen LogP contribution in [0, 0.1) is 0 Å². The van der Waals surface area contributed by atoms with Gasteiger partial charge in [0, 0.05) is 23.8 Å². The number of aromatic hydroxyl groups is 4. The van der Waals surface area contributed by atoms with Gasteiger partial charge in [-0.3, -0.25) is 4.79 Å². The Morgan fingerprint density at radius 3 is 2.16 bits per heavy atom. The highest BCUT2D eigenvalue weighted by Gasteiger charge is 2.46. The van der Waals surface area contributed by atoms with Crippen molar-refractivity contribution in [2.75, 3.05) is 6.61 Å². The average molecular weight is 595 g/mol. The molecule has 5 atom stereocenters. The van der Waals surface area contributed by atoms with Gasteiger partial charge in [0.2, 0.25) is 12.0 Å². The number of rotatable bonds is 7. The molecule has 5 rings (SSSR count). The number of hydrogen-bond donors (Lipinski definition) is 7. The molecule has 43 heavy (non-hydrogen) atoms. The van der Waals surface area contributed by atoms with Crippen LogP contribution >= 0.6 is 0 Å². The number of carbonyl (C=O) groups excluding carboxylic acids is 1. The van der Waals surface area contributed by atoms with Crippen LogP contribution in [-0.2, 0) is 14.3 Å². The van der Waals surface area contributed by atoms with Crippen LogP contribution in [0.15, 0.2) is 76.0 Å². The predicted octanol–water partition coefficient (Wildman–Crippen LogP) is 1.73. The number of ether oxygens (including phenoxy) is 3. The number of benzene rings is 3. The first-order chi connectivity index (χ1) is 20.5. The summed E-state index contributed by atoms with van der Waals surface area (Å²) in [5.74, 6) is -2.71. The summed E-state index contributed by atoms with van der Waals surface area (Å²) >= 11 is 0. The Kier molecular flexibility index (Phi) is 8.23. The zero-order chi connectivity index (χ0) is 30.8. The second-order valence-corrected chi connectivity index (χ2v) is 9.66. The van der Waals surface area contributed by atoms with Crippen LogP contribution in [0.1, 0.15) is 5.56 Å². The van der Waals surface area contributed by atoms with Crippen molar-refractivity contribution in [3.63, 3.8) is 0 Å². The number of carbonyl (C=O) groups is 1. The van der Waals surface area contributed by atoms with Crippen molar-refractivity contribution in [3.05, 3.63) is 82.5 Å². The third kappa shape index (κ3) is 6.24. The summed E-state index contributed by atoms with van der Waals surface area (Å²) in [6.07, 6.45) is -6.12. The van der Waals surface area contributed by atoms with Crippen molar-refractivity contribution in [2.24, 2.45) is 0 Å². The molecular weight excluding hydrogens is 568 g/mol. The lowest BCUT2D eigenvalue weighted by molar-refractivity contribution is -0.278. The third-order valence-electron chi connectivity index (χ3n) is 6.67. The molecule has 0 radical (unpaired) electrons. The molecule has 1 aliphatic rings. The van der Waals surface area contributed by atoms with E-state index in [9.17, 15) is 45.3 Å². The standard InChI is InChI=1S/C30H26O13/c31-16-6-1-14(2-7-16)3-10-23(36)40-13-22-25(37)26(38)27(39)30(42-22)43-28-20(35)11-18(33)24-19(34)12-21(41-29(24)28)15-4-8-17(32)9-5-15/h1-12,22,25-27,30-33,35,37-39H,13H2/b10-3+/t22-,25-,26+,27-,30+/m1/s1. The molecule has 4 aromatic rings. The quantitative estimate of drug-likeness (QED) is 0.120. The van der Waals surface area contributed by atoms with Crippen LogP contribution in [-0.4, -0.2) is 79.0 Å². The van der Waals surface area contributed by atoms with Gasteiger partial charge in [0.05, 0.1) is 0 Å². The first kappa shape index (κ1) is 29.4. The zero-order valence-corrected chi connectivity index (χ0v) is 22.1. The summed E-state index contributed by atoms with van der Waals surface area (Å²) in [5, 5.41) is 71.0. The number of phenols is 4. The molecule has 1 saturated heterocycles. The van der Waals surface area contributed by atoms with E-state index >= 15 is 0 Å². The maximum absolute atomic E-state index is 12.9. The molecule has 3 aromatic carbocycles. The minimum atomic E-state index is -1.88. The Morgan fingerprint density at radius 2 is 1.49 bits per heavy atom. The summed E-state index contributed by atoms with van der Waals surface area (Å²) in [5.41, 5.74) is -0.180. The molecule has 0 saturated carbocycles. The van der Waals surface area contributed by atoms with Crippen LogP contribution in [0.2, 0.25) is 0 Å². The van der Waals surface area contributed by atoms with E-state index in [1.54, 1.807) is 12.1 Å². The number of fused-ring (bicyclic) bond motifs is 1. The van der Waals surface area contributed by atoms with Crippen LogP contribution in [0.5, 0.6) is 28.7 Å². The van der Waals surface area contributed by atoms with E-state index < -0.39 is 71.5 Å². The number of esters is 1. The van der Waals surface area contributed by atoms with E-state index in [1.807, 2.05) is 0 Å². The molecule has 13 heteroatoms. The highest BCUT2D eigenvalue weighted by molar-refractivity contribution is 5.91. The van der Waals surface area contributed by atoms with Crippen LogP contribution < -0.4 is 10.2 Å². The molecule has 0 unspecified atom stereocenters. The van der Waals surface area contributed by atoms with Gasteiger partial charge in [-0.25, -0.2) is 4.79 Å². The van der Waals surface area contributed by atoms with E-state index in [0.717, 1.165) is 18.2 Å². The lowest BCUT2D eigenvalue weighted by atomic mass is 9.99. The van der Waals surface area contributed by atoms with Crippen LogP contribution in [0.4, 0.5) is 0 Å². The highest BCUT2D eigenvalue weighted by atomic mass is 16.7. The molecule has 2 heterocycles. The third-order valence-corrected chi connectivity index (χ3v) is 6.67. The fourth-order valence-electron chi connectivity index (χ4n) is 4.39. The van der Waals surface area contributed by atoms with Crippen molar-refractivity contribution < 1.29 is 59.2 Å². The maximum atomic E-state index is 12.9. The number of aliphatic hydroxyl groups excluding tert-OH is 3. The largest absolute Gasteiger partial charge is 0.508 e. The fraction of sp³-hybridized carbons (Fsp3) is 0.200. The Labute approximate surface area is 242 Å². The van der Waals surface area contributed by atoms with Crippen molar-refractivity contribution in [3.8, 4) is 40.1 Å². The van der Waals surface area contributed by atoms with Crippen molar-refractivity contribution in [1.29, 1.82) is 0 Å². The lowest BCUT2D eigenvalue weighted by Gasteiger charge is -2.39. The first-order valence-corrected chi connectivity index (χ1v) is 12.8. The molecule has 0 aliphatic carbocycles. The van der Waals surface area contributed by atoms with Gasteiger partial charge in [0.1, 0.15) is 59.4 Å². The number of phenolic OH excluding ortho intramolecular Hbond substituents is 4. The molecule has 0 spiro atoms. The molecule has 1 fully saturated rings. The van der Waals surface area contributed by atoms with Gasteiger partial charge in [-0.2, -0.15) is 0 Å². The molecule has 13 nitrogen and oxygen atoms in total. The Bertz CT molecular complexity index is 1710. The summed E-state index contributed by atoms with van der Waals surface area (Å²) in [7, 11) is 0. The summed E-state index contributed by atoms with van der Waals surface area (Å²) < 4.78 is 22.1. The lowest BCUT2D eigenvalue weighted by Crippen LogP contribution is -2.60. The molecule has 0 bridgehead atoms. The van der Waals surface area contributed by atoms with Crippen LogP contribution in [0.3, 0.4) is 0 Å². The van der Waals surface area contributed by atoms with E-state index in [2.05, 4.69) is 0 Å². The normalized spacial score (nSPS) is 22.1. The second kappa shape index (κ2) is 12.0. The Balaban J connectivity index is 1.39. The summed E-state index contributed by atoms with van der Waals surface area (Å²) in [4.78, 5) is 25.1. The Morgan fingerprint density at radius 1 is 0.837 bits per heavy atom. The van der Waals surface area contributed by atoms with E-state index in [0.29, 0.717) is 11.1 Å². The van der Waals surface area contributed by atoms with Gasteiger partial charge >= 0.3 is 5.97 Å². The van der Waals surface area contributed by atoms with Gasteiger partial charge in [-0.15, -0.1) is 0 Å². The predicted molar refractivity (Wildman–Crippen MR) is 148 cm³/mol. The fourth-order valence-corrected chi connectivity index (χ4v) is 4.39. The van der Waals surface area contributed by atoms with Crippen molar-refractivity contribution in [1.82, 2.24) is 0 Å². The summed E-state index contributed by atoms with van der Waals surface area (Å²) in [6.45, 7) is -0.577. The molecular formula is C30H26O13. The zero-order valence-electron chi connectivity index (χ0n) is 22.1. The summed E-state index contributed by atoms with van der Waals surface area (Å²) in [6, 6.07) is 13.5. The topological polar surface area (TPSA) is 217 Å². The van der Waals surface area contributed by atoms with Crippen molar-refractivity contribution >= 4 is 23.0 Å².